The number of rotatable bonds is 8. The molecule has 3 heterocycles. The van der Waals surface area contributed by atoms with Crippen LogP contribution in [-0.2, 0) is 30.9 Å². The summed E-state index contributed by atoms with van der Waals surface area (Å²) >= 11 is 11.0. The molecule has 5 aromatic rings. The number of benzene rings is 2. The van der Waals surface area contributed by atoms with E-state index in [1.807, 2.05) is 18.2 Å². The number of aliphatic hydroxyl groups excluding tert-OH is 1. The Kier molecular flexibility index (Phi) is 15.5. The summed E-state index contributed by atoms with van der Waals surface area (Å²) in [6, 6.07) is 22.0. The highest BCUT2D eigenvalue weighted by molar-refractivity contribution is 7.91. The van der Waals surface area contributed by atoms with Crippen LogP contribution in [0.1, 0.15) is 15.9 Å². The first kappa shape index (κ1) is 40.5. The SMILES string of the molecule is CS(=O)(=O)c1ccc(-c2cc(Cl)cnc2-c2cccnc2)cc1.CS(=O)(=O)c1ccc(CC(=O)c2cccnc2)cc1.O=C/C(Cl)=C\O.[B]. The lowest BCUT2D eigenvalue weighted by atomic mass is 10.0. The molecule has 0 spiro atoms. The Morgan fingerprint density at radius 3 is 1.80 bits per heavy atom. The van der Waals surface area contributed by atoms with Gasteiger partial charge in [0.15, 0.2) is 31.7 Å². The Morgan fingerprint density at radius 2 is 1.35 bits per heavy atom. The lowest BCUT2D eigenvalue weighted by Gasteiger charge is -2.10. The Morgan fingerprint density at radius 1 is 0.796 bits per heavy atom. The van der Waals surface area contributed by atoms with Gasteiger partial charge in [-0.3, -0.25) is 24.5 Å². The van der Waals surface area contributed by atoms with Crippen molar-refractivity contribution in [1.82, 2.24) is 15.0 Å². The molecule has 0 saturated heterocycles. The van der Waals surface area contributed by atoms with E-state index in [0.717, 1.165) is 34.2 Å². The molecule has 3 aromatic heterocycles. The molecule has 0 aliphatic rings. The summed E-state index contributed by atoms with van der Waals surface area (Å²) in [4.78, 5) is 34.3. The summed E-state index contributed by atoms with van der Waals surface area (Å²) in [7, 11) is -6.42. The van der Waals surface area contributed by atoms with E-state index in [1.54, 1.807) is 73.3 Å². The lowest BCUT2D eigenvalue weighted by molar-refractivity contribution is -0.104. The number of aliphatic hydroxyl groups is 1. The van der Waals surface area contributed by atoms with Gasteiger partial charge in [-0.25, -0.2) is 16.8 Å². The minimum atomic E-state index is -3.22. The molecular weight excluding hydrogens is 708 g/mol. The maximum Gasteiger partial charge on any atom is 0.175 e. The van der Waals surface area contributed by atoms with Gasteiger partial charge in [0.2, 0.25) is 0 Å². The smallest absolute Gasteiger partial charge is 0.175 e. The number of halogens is 2. The standard InChI is InChI=1S/C17H13ClN2O2S.C14H13NO3S.C3H3ClO2.B/c1-23(21,22)15-6-4-12(5-7-15)16-9-14(18)11-20-17(16)13-3-2-8-19-10-13;1-19(17,18)13-6-4-11(5-7-13)9-14(16)12-3-2-8-15-10-12;4-3(1-5)2-6;/h2-11H,1H3;2-8,10H,9H2,1H3;1-2,5H;/b;;3-1+;. The molecule has 2 aromatic carbocycles. The third-order valence-corrected chi connectivity index (χ3v) is 8.97. The van der Waals surface area contributed by atoms with Gasteiger partial charge in [-0.05, 0) is 65.7 Å². The van der Waals surface area contributed by atoms with Crippen LogP contribution >= 0.6 is 23.2 Å². The number of nitrogens with zero attached hydrogens (tertiary/aromatic N) is 3. The van der Waals surface area contributed by atoms with Gasteiger partial charge < -0.3 is 5.11 Å². The Balaban J connectivity index is 0.000000291. The topological polar surface area (TPSA) is 161 Å². The van der Waals surface area contributed by atoms with E-state index in [2.05, 4.69) is 15.0 Å². The largest absolute Gasteiger partial charge is 0.514 e. The second-order valence-corrected chi connectivity index (χ2v) is 14.9. The van der Waals surface area contributed by atoms with E-state index in [-0.39, 0.29) is 35.4 Å². The quantitative estimate of drug-likeness (QED) is 0.0637. The van der Waals surface area contributed by atoms with Gasteiger partial charge in [-0.1, -0.05) is 47.5 Å². The minimum Gasteiger partial charge on any atom is -0.514 e. The van der Waals surface area contributed by atoms with Crippen LogP contribution in [0.25, 0.3) is 22.4 Å². The zero-order chi connectivity index (χ0) is 35.3. The van der Waals surface area contributed by atoms with Crippen LogP contribution in [0.15, 0.2) is 131 Å². The molecule has 15 heteroatoms. The molecule has 0 unspecified atom stereocenters. The molecule has 49 heavy (non-hydrogen) atoms. The molecule has 0 amide bonds. The van der Waals surface area contributed by atoms with Crippen molar-refractivity contribution in [2.24, 2.45) is 0 Å². The number of aldehydes is 1. The molecule has 0 aliphatic carbocycles. The van der Waals surface area contributed by atoms with Gasteiger partial charge in [-0.15, -0.1) is 0 Å². The highest BCUT2D eigenvalue weighted by Gasteiger charge is 2.13. The van der Waals surface area contributed by atoms with Gasteiger partial charge >= 0.3 is 0 Å². The van der Waals surface area contributed by atoms with Crippen molar-refractivity contribution in [2.45, 2.75) is 16.2 Å². The Bertz CT molecular complexity index is 2100. The molecule has 0 saturated carbocycles. The number of sulfone groups is 2. The molecule has 0 fully saturated rings. The molecule has 0 atom stereocenters. The predicted molar refractivity (Wildman–Crippen MR) is 191 cm³/mol. The maximum absolute atomic E-state index is 11.9. The van der Waals surface area contributed by atoms with Crippen molar-refractivity contribution < 1.29 is 31.5 Å². The second-order valence-electron chi connectivity index (χ2n) is 9.98. The molecule has 0 bridgehead atoms. The number of aromatic nitrogens is 3. The summed E-state index contributed by atoms with van der Waals surface area (Å²) < 4.78 is 45.8. The fourth-order valence-electron chi connectivity index (χ4n) is 3.97. The first-order valence-corrected chi connectivity index (χ1v) is 18.3. The normalized spacial score (nSPS) is 11.1. The summed E-state index contributed by atoms with van der Waals surface area (Å²) in [6.45, 7) is 0. The predicted octanol–water partition coefficient (Wildman–Crippen LogP) is 6.22. The number of Topliss-reactive ketones (excluding diaryl/α,β-unsaturated/α-hetero) is 1. The summed E-state index contributed by atoms with van der Waals surface area (Å²) in [5.74, 6) is -0.0415. The van der Waals surface area contributed by atoms with Crippen LogP contribution in [0.2, 0.25) is 5.02 Å². The van der Waals surface area contributed by atoms with E-state index in [9.17, 15) is 26.4 Å². The van der Waals surface area contributed by atoms with Crippen LogP contribution in [0.5, 0.6) is 0 Å². The number of hydrogen-bond acceptors (Lipinski definition) is 10. The molecule has 3 radical (unpaired) electrons. The monoisotopic (exact) mass is 736 g/mol. The number of ketones is 1. The van der Waals surface area contributed by atoms with Crippen molar-refractivity contribution >= 4 is 63.4 Å². The summed E-state index contributed by atoms with van der Waals surface area (Å²) in [6.07, 6.45) is 11.6. The number of carbonyl (C=O) groups is 2. The zero-order valence-corrected chi connectivity index (χ0v) is 29.3. The van der Waals surface area contributed by atoms with Gasteiger partial charge in [-0.2, -0.15) is 0 Å². The maximum atomic E-state index is 11.9. The van der Waals surface area contributed by atoms with Crippen LogP contribution < -0.4 is 0 Å². The third-order valence-electron chi connectivity index (χ3n) is 6.32. The zero-order valence-electron chi connectivity index (χ0n) is 26.1. The number of carbonyl (C=O) groups excluding carboxylic acids is 2. The molecule has 5 rings (SSSR count). The van der Waals surface area contributed by atoms with E-state index in [0.29, 0.717) is 23.1 Å². The minimum absolute atomic E-state index is 0. The summed E-state index contributed by atoms with van der Waals surface area (Å²) in [5, 5.41) is 8.14. The van der Waals surface area contributed by atoms with E-state index in [1.165, 1.54) is 24.6 Å². The molecular formula is C34H29BCl2N3O7S2. The Hall–Kier alpha value is -4.69. The number of pyridine rings is 3. The van der Waals surface area contributed by atoms with Crippen molar-refractivity contribution in [3.05, 3.63) is 137 Å². The van der Waals surface area contributed by atoms with Crippen molar-refractivity contribution in [1.29, 1.82) is 0 Å². The van der Waals surface area contributed by atoms with Crippen molar-refractivity contribution in [2.75, 3.05) is 12.5 Å². The van der Waals surface area contributed by atoms with E-state index < -0.39 is 19.7 Å². The van der Waals surface area contributed by atoms with Crippen LogP contribution in [-0.4, -0.2) is 69.9 Å². The Labute approximate surface area is 296 Å². The highest BCUT2D eigenvalue weighted by atomic mass is 35.5. The first-order chi connectivity index (χ1) is 22.7. The molecule has 0 aliphatic heterocycles. The van der Waals surface area contributed by atoms with Gasteiger partial charge in [0.05, 0.1) is 20.5 Å². The fraction of sp³-hybridized carbons (Fsp3) is 0.0882. The van der Waals surface area contributed by atoms with Crippen molar-refractivity contribution in [3.8, 4) is 22.4 Å². The van der Waals surface area contributed by atoms with Gasteiger partial charge in [0.25, 0.3) is 0 Å². The first-order valence-electron chi connectivity index (χ1n) is 13.8. The average Bonchev–Trinajstić information content (AvgIpc) is 3.08. The number of allylic oxidation sites excluding steroid dienone is 1. The van der Waals surface area contributed by atoms with Gasteiger partial charge in [0, 0.05) is 75.0 Å². The van der Waals surface area contributed by atoms with Crippen LogP contribution in [0, 0.1) is 0 Å². The van der Waals surface area contributed by atoms with Crippen LogP contribution in [0.4, 0.5) is 0 Å². The fourth-order valence-corrected chi connectivity index (χ4v) is 5.39. The third kappa shape index (κ3) is 12.7. The molecule has 251 valence electrons. The lowest BCUT2D eigenvalue weighted by Crippen LogP contribution is -2.04. The summed E-state index contributed by atoms with van der Waals surface area (Å²) in [5.41, 5.74) is 4.61. The van der Waals surface area contributed by atoms with E-state index >= 15 is 0 Å². The molecule has 10 nitrogen and oxygen atoms in total. The number of hydrogen-bond donors (Lipinski definition) is 1. The molecule has 1 N–H and O–H groups in total. The highest BCUT2D eigenvalue weighted by Crippen LogP contribution is 2.32. The van der Waals surface area contributed by atoms with Gasteiger partial charge in [0.1, 0.15) is 11.3 Å². The second kappa shape index (κ2) is 18.8. The van der Waals surface area contributed by atoms with Crippen LogP contribution in [0.3, 0.4) is 0 Å². The van der Waals surface area contributed by atoms with E-state index in [4.69, 9.17) is 28.3 Å². The van der Waals surface area contributed by atoms with Crippen molar-refractivity contribution in [3.63, 3.8) is 0 Å². The average molecular weight is 737 g/mol.